The summed E-state index contributed by atoms with van der Waals surface area (Å²) < 4.78 is 38.6. The van der Waals surface area contributed by atoms with Crippen LogP contribution in [-0.2, 0) is 6.18 Å². The fraction of sp³-hybridized carbons (Fsp3) is 0.632. The van der Waals surface area contributed by atoms with Gasteiger partial charge < -0.3 is 14.7 Å². The predicted octanol–water partition coefficient (Wildman–Crippen LogP) is 3.31. The Morgan fingerprint density at radius 2 is 1.64 bits per heavy atom. The Kier molecular flexibility index (Phi) is 9.82. The van der Waals surface area contributed by atoms with Gasteiger partial charge in [-0.3, -0.25) is 9.89 Å². The molecule has 1 aromatic carbocycles. The second kappa shape index (κ2) is 11.1. The summed E-state index contributed by atoms with van der Waals surface area (Å²) in [7, 11) is 7.91. The van der Waals surface area contributed by atoms with Gasteiger partial charge in [0, 0.05) is 73.1 Å². The van der Waals surface area contributed by atoms with Gasteiger partial charge in [-0.05, 0) is 24.6 Å². The summed E-state index contributed by atoms with van der Waals surface area (Å²) >= 11 is 0. The Balaban J connectivity index is 0.00000392. The fourth-order valence-corrected chi connectivity index (χ4v) is 3.26. The number of anilines is 1. The van der Waals surface area contributed by atoms with Crippen LogP contribution in [-0.4, -0.2) is 88.1 Å². The Morgan fingerprint density at radius 3 is 2.18 bits per heavy atom. The molecular weight excluding hydrogens is 482 g/mol. The molecule has 160 valence electrons. The molecule has 9 heteroatoms. The third kappa shape index (κ3) is 7.31. The second-order valence-electron chi connectivity index (χ2n) is 7.20. The smallest absolute Gasteiger partial charge is 0.369 e. The van der Waals surface area contributed by atoms with Crippen LogP contribution in [0.25, 0.3) is 0 Å². The topological polar surface area (TPSA) is 25.3 Å². The zero-order chi connectivity index (χ0) is 20.0. The highest BCUT2D eigenvalue weighted by Gasteiger charge is 2.31. The van der Waals surface area contributed by atoms with Crippen molar-refractivity contribution < 1.29 is 13.2 Å². The SMILES string of the molecule is CN(C)C(=NCCCN1CCN(c2cccc(C(F)(F)F)c2)CC1)N(C)C.I. The van der Waals surface area contributed by atoms with Crippen LogP contribution in [0.4, 0.5) is 18.9 Å². The first kappa shape index (κ1) is 24.8. The standard InChI is InChI=1S/C19H30F3N5.HI/c1-24(2)18(25(3)4)23-9-6-10-26-11-13-27(14-12-26)17-8-5-7-16(15-17)19(20,21)22;/h5,7-8,15H,6,9-14H2,1-4H3;1H. The number of hydrogen-bond acceptors (Lipinski definition) is 3. The Hall–Kier alpha value is -1.23. The molecule has 5 nitrogen and oxygen atoms in total. The number of alkyl halides is 3. The van der Waals surface area contributed by atoms with Gasteiger partial charge in [-0.1, -0.05) is 6.07 Å². The van der Waals surface area contributed by atoms with Gasteiger partial charge in [0.15, 0.2) is 5.96 Å². The van der Waals surface area contributed by atoms with Crippen molar-refractivity contribution in [1.29, 1.82) is 0 Å². The highest BCUT2D eigenvalue weighted by atomic mass is 127. The van der Waals surface area contributed by atoms with Crippen LogP contribution in [0.1, 0.15) is 12.0 Å². The molecule has 0 unspecified atom stereocenters. The van der Waals surface area contributed by atoms with E-state index in [2.05, 4.69) is 9.89 Å². The van der Waals surface area contributed by atoms with Gasteiger partial charge in [0.05, 0.1) is 5.56 Å². The fourth-order valence-electron chi connectivity index (χ4n) is 3.26. The molecule has 0 spiro atoms. The molecule has 0 N–H and O–H groups in total. The third-order valence-corrected chi connectivity index (χ3v) is 4.60. The maximum Gasteiger partial charge on any atom is 0.416 e. The summed E-state index contributed by atoms with van der Waals surface area (Å²) in [4.78, 5) is 13.0. The first-order chi connectivity index (χ1) is 12.7. The van der Waals surface area contributed by atoms with E-state index in [0.717, 1.165) is 57.7 Å². The Bertz CT molecular complexity index is 616. The van der Waals surface area contributed by atoms with E-state index in [-0.39, 0.29) is 24.0 Å². The van der Waals surface area contributed by atoms with Crippen LogP contribution in [0.2, 0.25) is 0 Å². The van der Waals surface area contributed by atoms with Gasteiger partial charge in [-0.2, -0.15) is 13.2 Å². The summed E-state index contributed by atoms with van der Waals surface area (Å²) in [5, 5.41) is 0. The molecule has 28 heavy (non-hydrogen) atoms. The number of halogens is 4. The van der Waals surface area contributed by atoms with Crippen molar-refractivity contribution in [2.75, 3.05) is 72.4 Å². The third-order valence-electron chi connectivity index (χ3n) is 4.60. The van der Waals surface area contributed by atoms with E-state index in [1.54, 1.807) is 6.07 Å². The molecule has 0 aromatic heterocycles. The first-order valence-electron chi connectivity index (χ1n) is 9.22. The van der Waals surface area contributed by atoms with Gasteiger partial charge in [0.2, 0.25) is 0 Å². The number of piperazine rings is 1. The second-order valence-corrected chi connectivity index (χ2v) is 7.20. The lowest BCUT2D eigenvalue weighted by atomic mass is 10.1. The van der Waals surface area contributed by atoms with E-state index < -0.39 is 11.7 Å². The summed E-state index contributed by atoms with van der Waals surface area (Å²) in [5.74, 6) is 0.948. The first-order valence-corrected chi connectivity index (χ1v) is 9.22. The van der Waals surface area contributed by atoms with Crippen LogP contribution in [0.5, 0.6) is 0 Å². The number of rotatable bonds is 5. The maximum atomic E-state index is 12.9. The molecule has 0 amide bonds. The zero-order valence-electron chi connectivity index (χ0n) is 17.0. The monoisotopic (exact) mass is 513 g/mol. The van der Waals surface area contributed by atoms with Crippen molar-refractivity contribution >= 4 is 35.6 Å². The lowest BCUT2D eigenvalue weighted by Crippen LogP contribution is -2.46. The molecular formula is C19H31F3IN5. The van der Waals surface area contributed by atoms with E-state index in [0.29, 0.717) is 5.69 Å². The van der Waals surface area contributed by atoms with Gasteiger partial charge in [-0.15, -0.1) is 24.0 Å². The molecule has 1 saturated heterocycles. The van der Waals surface area contributed by atoms with Crippen LogP contribution in [0.15, 0.2) is 29.3 Å². The van der Waals surface area contributed by atoms with E-state index in [1.165, 1.54) is 12.1 Å². The van der Waals surface area contributed by atoms with E-state index in [9.17, 15) is 13.2 Å². The Labute approximate surface area is 183 Å². The normalized spacial score (nSPS) is 15.0. The van der Waals surface area contributed by atoms with Crippen molar-refractivity contribution in [2.45, 2.75) is 12.6 Å². The van der Waals surface area contributed by atoms with Crippen molar-refractivity contribution in [1.82, 2.24) is 14.7 Å². The average molecular weight is 513 g/mol. The minimum Gasteiger partial charge on any atom is -0.369 e. The predicted molar refractivity (Wildman–Crippen MR) is 120 cm³/mol. The Morgan fingerprint density at radius 1 is 1.04 bits per heavy atom. The van der Waals surface area contributed by atoms with Crippen LogP contribution >= 0.6 is 24.0 Å². The van der Waals surface area contributed by atoms with Gasteiger partial charge in [0.25, 0.3) is 0 Å². The van der Waals surface area contributed by atoms with Crippen LogP contribution in [0.3, 0.4) is 0 Å². The number of guanidine groups is 1. The largest absolute Gasteiger partial charge is 0.416 e. The van der Waals surface area contributed by atoms with Crippen molar-refractivity contribution in [3.05, 3.63) is 29.8 Å². The highest BCUT2D eigenvalue weighted by Crippen LogP contribution is 2.31. The molecule has 1 aliphatic heterocycles. The quantitative estimate of drug-likeness (QED) is 0.261. The molecule has 0 radical (unpaired) electrons. The molecule has 1 heterocycles. The van der Waals surface area contributed by atoms with E-state index >= 15 is 0 Å². The van der Waals surface area contributed by atoms with Crippen molar-refractivity contribution in [3.63, 3.8) is 0 Å². The molecule has 1 fully saturated rings. The molecule has 0 aliphatic carbocycles. The van der Waals surface area contributed by atoms with E-state index in [1.807, 2.05) is 42.9 Å². The molecule has 2 rings (SSSR count). The molecule has 1 aliphatic rings. The zero-order valence-corrected chi connectivity index (χ0v) is 19.4. The summed E-state index contributed by atoms with van der Waals surface area (Å²) in [6.45, 7) is 4.91. The minimum absolute atomic E-state index is 0. The van der Waals surface area contributed by atoms with Crippen molar-refractivity contribution in [3.8, 4) is 0 Å². The molecule has 0 saturated carbocycles. The number of benzene rings is 1. The molecule has 0 atom stereocenters. The number of aliphatic imine (C=N–C) groups is 1. The average Bonchev–Trinajstić information content (AvgIpc) is 2.61. The highest BCUT2D eigenvalue weighted by molar-refractivity contribution is 14.0. The minimum atomic E-state index is -4.30. The van der Waals surface area contributed by atoms with Gasteiger partial charge >= 0.3 is 6.18 Å². The molecule has 1 aromatic rings. The van der Waals surface area contributed by atoms with Gasteiger partial charge in [0.1, 0.15) is 0 Å². The van der Waals surface area contributed by atoms with Crippen LogP contribution < -0.4 is 4.90 Å². The van der Waals surface area contributed by atoms with Crippen molar-refractivity contribution in [2.24, 2.45) is 4.99 Å². The van der Waals surface area contributed by atoms with Gasteiger partial charge in [-0.25, -0.2) is 0 Å². The summed E-state index contributed by atoms with van der Waals surface area (Å²) in [6.07, 6.45) is -3.33. The van der Waals surface area contributed by atoms with Crippen LogP contribution in [0, 0.1) is 0 Å². The lowest BCUT2D eigenvalue weighted by molar-refractivity contribution is -0.137. The maximum absolute atomic E-state index is 12.9. The lowest BCUT2D eigenvalue weighted by Gasteiger charge is -2.36. The van der Waals surface area contributed by atoms with E-state index in [4.69, 9.17) is 0 Å². The molecule has 0 bridgehead atoms. The summed E-state index contributed by atoms with van der Waals surface area (Å²) in [6, 6.07) is 5.60. The number of nitrogens with zero attached hydrogens (tertiary/aromatic N) is 5. The number of hydrogen-bond donors (Lipinski definition) is 0. The summed E-state index contributed by atoms with van der Waals surface area (Å²) in [5.41, 5.74) is 0.0635.